The first kappa shape index (κ1) is 15.9. The molecule has 0 N–H and O–H groups in total. The van der Waals surface area contributed by atoms with Gasteiger partial charge in [-0.1, -0.05) is 15.9 Å². The number of rotatable bonds is 6. The van der Waals surface area contributed by atoms with Crippen molar-refractivity contribution in [3.63, 3.8) is 0 Å². The number of unbranched alkanes of at least 4 members (excludes halogenated alkanes) is 1. The molecular weight excluding hydrogens is 308 g/mol. The van der Waals surface area contributed by atoms with Gasteiger partial charge < -0.3 is 4.74 Å². The van der Waals surface area contributed by atoms with Crippen LogP contribution in [-0.2, 0) is 9.53 Å². The Hall–Kier alpha value is -1.16. The first-order valence-electron chi connectivity index (χ1n) is 6.32. The Bertz CT molecular complexity index is 457. The highest BCUT2D eigenvalue weighted by molar-refractivity contribution is 9.10. The number of carbonyl (C=O) groups excluding carboxylic acids is 2. The van der Waals surface area contributed by atoms with Crippen LogP contribution in [0.25, 0.3) is 0 Å². The molecule has 0 aliphatic rings. The molecule has 0 aromatic heterocycles. The molecular formula is C15H19BrO3. The molecule has 0 bridgehead atoms. The second-order valence-corrected chi connectivity index (χ2v) is 5.54. The summed E-state index contributed by atoms with van der Waals surface area (Å²) < 4.78 is 5.55. The van der Waals surface area contributed by atoms with E-state index in [1.807, 2.05) is 26.0 Å². The van der Waals surface area contributed by atoms with Gasteiger partial charge >= 0.3 is 5.97 Å². The van der Waals surface area contributed by atoms with Crippen molar-refractivity contribution in [1.29, 1.82) is 0 Å². The summed E-state index contributed by atoms with van der Waals surface area (Å²) >= 11 is 3.42. The molecule has 19 heavy (non-hydrogen) atoms. The summed E-state index contributed by atoms with van der Waals surface area (Å²) in [5, 5.41) is 0. The maximum atomic E-state index is 12.2. The molecule has 4 heteroatoms. The van der Waals surface area contributed by atoms with Crippen molar-refractivity contribution in [2.45, 2.75) is 39.5 Å². The Labute approximate surface area is 122 Å². The molecule has 1 aromatic carbocycles. The van der Waals surface area contributed by atoms with E-state index >= 15 is 0 Å². The molecule has 0 radical (unpaired) electrons. The number of ether oxygens (including phenoxy) is 1. The largest absolute Gasteiger partial charge is 0.469 e. The minimum Gasteiger partial charge on any atom is -0.469 e. The SMILES string of the molecule is COC(=O)CCCCC(=O)c1c(C)cc(Br)cc1C. The predicted octanol–water partition coefficient (Wildman–Crippen LogP) is 3.98. The van der Waals surface area contributed by atoms with Crippen LogP contribution >= 0.6 is 15.9 Å². The summed E-state index contributed by atoms with van der Waals surface area (Å²) in [6.07, 6.45) is 2.25. The molecule has 0 amide bonds. The zero-order valence-corrected chi connectivity index (χ0v) is 13.2. The van der Waals surface area contributed by atoms with E-state index in [0.29, 0.717) is 25.7 Å². The fourth-order valence-corrected chi connectivity index (χ4v) is 2.82. The smallest absolute Gasteiger partial charge is 0.305 e. The quantitative estimate of drug-likeness (QED) is 0.451. The van der Waals surface area contributed by atoms with E-state index in [-0.39, 0.29) is 11.8 Å². The molecule has 0 unspecified atom stereocenters. The number of methoxy groups -OCH3 is 1. The highest BCUT2D eigenvalue weighted by atomic mass is 79.9. The average molecular weight is 327 g/mol. The number of hydrogen-bond donors (Lipinski definition) is 0. The summed E-state index contributed by atoms with van der Waals surface area (Å²) in [6, 6.07) is 3.91. The van der Waals surface area contributed by atoms with Crippen molar-refractivity contribution < 1.29 is 14.3 Å². The van der Waals surface area contributed by atoms with Gasteiger partial charge in [0.15, 0.2) is 5.78 Å². The van der Waals surface area contributed by atoms with Crippen LogP contribution in [0, 0.1) is 13.8 Å². The molecule has 1 rings (SSSR count). The summed E-state index contributed by atoms with van der Waals surface area (Å²) in [7, 11) is 1.38. The fraction of sp³-hybridized carbons (Fsp3) is 0.467. The molecule has 0 atom stereocenters. The number of Topliss-reactive ketones (excluding diaryl/α,β-unsaturated/α-hetero) is 1. The normalized spacial score (nSPS) is 10.3. The predicted molar refractivity (Wildman–Crippen MR) is 78.4 cm³/mol. The van der Waals surface area contributed by atoms with Crippen molar-refractivity contribution in [2.24, 2.45) is 0 Å². The molecule has 3 nitrogen and oxygen atoms in total. The molecule has 0 saturated heterocycles. The third kappa shape index (κ3) is 4.78. The van der Waals surface area contributed by atoms with Gasteiger partial charge in [0.1, 0.15) is 0 Å². The zero-order chi connectivity index (χ0) is 14.4. The number of carbonyl (C=O) groups is 2. The molecule has 0 spiro atoms. The highest BCUT2D eigenvalue weighted by Crippen LogP contribution is 2.22. The molecule has 0 aliphatic carbocycles. The number of aryl methyl sites for hydroxylation is 2. The Morgan fingerprint density at radius 1 is 1.11 bits per heavy atom. The highest BCUT2D eigenvalue weighted by Gasteiger charge is 2.13. The third-order valence-corrected chi connectivity index (χ3v) is 3.50. The number of ketones is 1. The van der Waals surface area contributed by atoms with Gasteiger partial charge in [0.05, 0.1) is 7.11 Å². The van der Waals surface area contributed by atoms with Gasteiger partial charge in [-0.25, -0.2) is 0 Å². The zero-order valence-electron chi connectivity index (χ0n) is 11.6. The minimum absolute atomic E-state index is 0.146. The number of benzene rings is 1. The van der Waals surface area contributed by atoms with Gasteiger partial charge in [0.2, 0.25) is 0 Å². The lowest BCUT2D eigenvalue weighted by molar-refractivity contribution is -0.140. The van der Waals surface area contributed by atoms with Crippen molar-refractivity contribution in [3.8, 4) is 0 Å². The summed E-state index contributed by atoms with van der Waals surface area (Å²) in [5.41, 5.74) is 2.79. The second-order valence-electron chi connectivity index (χ2n) is 4.62. The molecule has 1 aromatic rings. The van der Waals surface area contributed by atoms with Gasteiger partial charge in [0.25, 0.3) is 0 Å². The molecule has 0 heterocycles. The van der Waals surface area contributed by atoms with Crippen molar-refractivity contribution >= 4 is 27.7 Å². The molecule has 0 aliphatic heterocycles. The lowest BCUT2D eigenvalue weighted by atomic mass is 9.96. The molecule has 0 saturated carbocycles. The van der Waals surface area contributed by atoms with Gasteiger partial charge in [-0.15, -0.1) is 0 Å². The monoisotopic (exact) mass is 326 g/mol. The van der Waals surface area contributed by atoms with Gasteiger partial charge in [-0.2, -0.15) is 0 Å². The maximum absolute atomic E-state index is 12.2. The summed E-state index contributed by atoms with van der Waals surface area (Å²) in [6.45, 7) is 3.89. The van der Waals surface area contributed by atoms with E-state index in [1.165, 1.54) is 7.11 Å². The second kappa shape index (κ2) is 7.43. The van der Waals surface area contributed by atoms with E-state index < -0.39 is 0 Å². The minimum atomic E-state index is -0.219. The first-order valence-corrected chi connectivity index (χ1v) is 7.11. The Morgan fingerprint density at radius 3 is 2.16 bits per heavy atom. The Morgan fingerprint density at radius 2 is 1.63 bits per heavy atom. The Kier molecular flexibility index (Phi) is 6.22. The maximum Gasteiger partial charge on any atom is 0.305 e. The van der Waals surface area contributed by atoms with Crippen LogP contribution in [0.5, 0.6) is 0 Å². The van der Waals surface area contributed by atoms with Gasteiger partial charge in [-0.3, -0.25) is 9.59 Å². The average Bonchev–Trinajstić information content (AvgIpc) is 2.33. The number of hydrogen-bond acceptors (Lipinski definition) is 3. The van der Waals surface area contributed by atoms with Crippen LogP contribution < -0.4 is 0 Å². The van der Waals surface area contributed by atoms with Crippen LogP contribution in [0.1, 0.15) is 47.2 Å². The number of esters is 1. The van der Waals surface area contributed by atoms with E-state index in [1.54, 1.807) is 0 Å². The molecule has 0 fully saturated rings. The first-order chi connectivity index (χ1) is 8.95. The van der Waals surface area contributed by atoms with Crippen LogP contribution in [0.15, 0.2) is 16.6 Å². The van der Waals surface area contributed by atoms with Crippen molar-refractivity contribution in [3.05, 3.63) is 33.3 Å². The van der Waals surface area contributed by atoms with E-state index in [4.69, 9.17) is 0 Å². The third-order valence-electron chi connectivity index (χ3n) is 3.04. The number of halogens is 1. The van der Waals surface area contributed by atoms with E-state index in [2.05, 4.69) is 20.7 Å². The Balaban J connectivity index is 2.57. The van der Waals surface area contributed by atoms with Crippen LogP contribution in [-0.4, -0.2) is 18.9 Å². The topological polar surface area (TPSA) is 43.4 Å². The summed E-state index contributed by atoms with van der Waals surface area (Å²) in [5.74, 6) is -0.0733. The van der Waals surface area contributed by atoms with Crippen LogP contribution in [0.4, 0.5) is 0 Å². The van der Waals surface area contributed by atoms with Crippen LogP contribution in [0.2, 0.25) is 0 Å². The lowest BCUT2D eigenvalue weighted by Gasteiger charge is -2.09. The fourth-order valence-electron chi connectivity index (χ4n) is 2.13. The van der Waals surface area contributed by atoms with Gasteiger partial charge in [0, 0.05) is 22.9 Å². The summed E-state index contributed by atoms with van der Waals surface area (Å²) in [4.78, 5) is 23.1. The van der Waals surface area contributed by atoms with Crippen molar-refractivity contribution in [1.82, 2.24) is 0 Å². The van der Waals surface area contributed by atoms with Crippen molar-refractivity contribution in [2.75, 3.05) is 7.11 Å². The van der Waals surface area contributed by atoms with Gasteiger partial charge in [-0.05, 0) is 49.9 Å². The molecule has 104 valence electrons. The lowest BCUT2D eigenvalue weighted by Crippen LogP contribution is -2.06. The van der Waals surface area contributed by atoms with Crippen LogP contribution in [0.3, 0.4) is 0 Å². The van der Waals surface area contributed by atoms with E-state index in [0.717, 1.165) is 21.2 Å². The van der Waals surface area contributed by atoms with E-state index in [9.17, 15) is 9.59 Å². The standard InChI is InChI=1S/C15H19BrO3/c1-10-8-12(16)9-11(2)15(10)13(17)6-4-5-7-14(18)19-3/h8-9H,4-7H2,1-3H3.